The number of hydrogen-bond donors (Lipinski definition) is 2. The van der Waals surface area contributed by atoms with Crippen LogP contribution in [0.2, 0.25) is 0 Å². The summed E-state index contributed by atoms with van der Waals surface area (Å²) in [6.45, 7) is 0. The number of nitrogen functional groups attached to an aromatic ring is 1. The van der Waals surface area contributed by atoms with E-state index < -0.39 is 0 Å². The van der Waals surface area contributed by atoms with E-state index >= 15 is 0 Å². The third kappa shape index (κ3) is 1.63. The van der Waals surface area contributed by atoms with Gasteiger partial charge in [0.25, 0.3) is 0 Å². The number of aryl methyl sites for hydroxylation is 1. The summed E-state index contributed by atoms with van der Waals surface area (Å²) < 4.78 is 0. The first-order chi connectivity index (χ1) is 7.33. The van der Waals surface area contributed by atoms with Crippen molar-refractivity contribution in [3.05, 3.63) is 29.3 Å². The second kappa shape index (κ2) is 3.53. The third-order valence-electron chi connectivity index (χ3n) is 3.79. The van der Waals surface area contributed by atoms with Crippen LogP contribution >= 0.6 is 0 Å². The van der Waals surface area contributed by atoms with Crippen molar-refractivity contribution in [2.45, 2.75) is 44.2 Å². The summed E-state index contributed by atoms with van der Waals surface area (Å²) in [4.78, 5) is 0. The van der Waals surface area contributed by atoms with Gasteiger partial charge in [0, 0.05) is 17.8 Å². The van der Waals surface area contributed by atoms with E-state index in [9.17, 15) is 0 Å². The molecule has 3 N–H and O–H groups in total. The van der Waals surface area contributed by atoms with Crippen molar-refractivity contribution in [3.8, 4) is 0 Å². The molecule has 15 heavy (non-hydrogen) atoms. The maximum atomic E-state index is 5.79. The minimum absolute atomic E-state index is 0.589. The second-order valence-corrected chi connectivity index (χ2v) is 4.84. The molecule has 2 heteroatoms. The van der Waals surface area contributed by atoms with Crippen molar-refractivity contribution in [2.75, 3.05) is 5.73 Å². The molecule has 0 amide bonds. The van der Waals surface area contributed by atoms with Gasteiger partial charge < -0.3 is 11.1 Å². The Morgan fingerprint density at radius 1 is 1.20 bits per heavy atom. The maximum absolute atomic E-state index is 5.79. The normalized spacial score (nSPS) is 24.9. The van der Waals surface area contributed by atoms with E-state index in [2.05, 4.69) is 17.4 Å². The van der Waals surface area contributed by atoms with Crippen molar-refractivity contribution in [1.82, 2.24) is 5.32 Å². The summed E-state index contributed by atoms with van der Waals surface area (Å²) >= 11 is 0. The number of hydrogen-bond acceptors (Lipinski definition) is 2. The molecule has 1 atom stereocenters. The summed E-state index contributed by atoms with van der Waals surface area (Å²) in [6, 6.07) is 7.73. The van der Waals surface area contributed by atoms with Crippen molar-refractivity contribution in [2.24, 2.45) is 0 Å². The number of nitrogens with one attached hydrogen (secondary N) is 1. The molecule has 3 rings (SSSR count). The van der Waals surface area contributed by atoms with E-state index in [-0.39, 0.29) is 0 Å². The minimum atomic E-state index is 0.589. The van der Waals surface area contributed by atoms with Crippen LogP contribution in [0.15, 0.2) is 18.2 Å². The zero-order chi connectivity index (χ0) is 10.3. The average molecular weight is 202 g/mol. The van der Waals surface area contributed by atoms with Gasteiger partial charge >= 0.3 is 0 Å². The highest BCUT2D eigenvalue weighted by Crippen LogP contribution is 2.34. The van der Waals surface area contributed by atoms with E-state index in [1.807, 2.05) is 6.07 Å². The predicted molar refractivity (Wildman–Crippen MR) is 62.7 cm³/mol. The SMILES string of the molecule is Nc1ccc2c(c1)CCC2NC1CCC1. The topological polar surface area (TPSA) is 38.0 Å². The lowest BCUT2D eigenvalue weighted by molar-refractivity contribution is 0.304. The van der Waals surface area contributed by atoms with Crippen LogP contribution < -0.4 is 11.1 Å². The van der Waals surface area contributed by atoms with E-state index in [1.165, 1.54) is 43.2 Å². The van der Waals surface area contributed by atoms with Gasteiger partial charge in [-0.3, -0.25) is 0 Å². The van der Waals surface area contributed by atoms with Crippen LogP contribution in [0.3, 0.4) is 0 Å². The Labute approximate surface area is 90.9 Å². The van der Waals surface area contributed by atoms with Crippen LogP contribution in [0.4, 0.5) is 5.69 Å². The Morgan fingerprint density at radius 3 is 2.80 bits per heavy atom. The van der Waals surface area contributed by atoms with Crippen LogP contribution in [-0.4, -0.2) is 6.04 Å². The van der Waals surface area contributed by atoms with Crippen molar-refractivity contribution >= 4 is 5.69 Å². The molecule has 1 unspecified atom stereocenters. The van der Waals surface area contributed by atoms with E-state index in [4.69, 9.17) is 5.73 Å². The molecule has 0 radical (unpaired) electrons. The fourth-order valence-electron chi connectivity index (χ4n) is 2.67. The molecule has 2 aliphatic rings. The van der Waals surface area contributed by atoms with E-state index in [0.717, 1.165) is 11.7 Å². The summed E-state index contributed by atoms with van der Waals surface area (Å²) in [5, 5.41) is 3.75. The van der Waals surface area contributed by atoms with E-state index in [0.29, 0.717) is 6.04 Å². The monoisotopic (exact) mass is 202 g/mol. The zero-order valence-corrected chi connectivity index (χ0v) is 9.00. The fourth-order valence-corrected chi connectivity index (χ4v) is 2.67. The molecule has 1 saturated carbocycles. The first kappa shape index (κ1) is 9.22. The molecule has 2 aliphatic carbocycles. The molecule has 2 nitrogen and oxygen atoms in total. The summed E-state index contributed by atoms with van der Waals surface area (Å²) in [5.74, 6) is 0. The fraction of sp³-hybridized carbons (Fsp3) is 0.538. The van der Waals surface area contributed by atoms with Crippen molar-refractivity contribution in [3.63, 3.8) is 0 Å². The van der Waals surface area contributed by atoms with Gasteiger partial charge in [-0.05, 0) is 48.9 Å². The van der Waals surface area contributed by atoms with Gasteiger partial charge in [-0.2, -0.15) is 0 Å². The zero-order valence-electron chi connectivity index (χ0n) is 9.00. The lowest BCUT2D eigenvalue weighted by Crippen LogP contribution is -2.37. The summed E-state index contributed by atoms with van der Waals surface area (Å²) in [6.07, 6.45) is 6.56. The third-order valence-corrected chi connectivity index (χ3v) is 3.79. The largest absolute Gasteiger partial charge is 0.399 e. The number of fused-ring (bicyclic) bond motifs is 1. The summed E-state index contributed by atoms with van der Waals surface area (Å²) in [7, 11) is 0. The van der Waals surface area contributed by atoms with Gasteiger partial charge in [0.2, 0.25) is 0 Å². The molecule has 80 valence electrons. The predicted octanol–water partition coefficient (Wildman–Crippen LogP) is 2.40. The van der Waals surface area contributed by atoms with Crippen LogP contribution in [-0.2, 0) is 6.42 Å². The highest BCUT2D eigenvalue weighted by Gasteiger charge is 2.26. The van der Waals surface area contributed by atoms with Gasteiger partial charge in [0.15, 0.2) is 0 Å². The number of rotatable bonds is 2. The van der Waals surface area contributed by atoms with Crippen LogP contribution in [0.5, 0.6) is 0 Å². The highest BCUT2D eigenvalue weighted by atomic mass is 15.0. The molecule has 1 aromatic rings. The van der Waals surface area contributed by atoms with Crippen molar-refractivity contribution < 1.29 is 0 Å². The first-order valence-electron chi connectivity index (χ1n) is 5.97. The molecular formula is C13H18N2. The average Bonchev–Trinajstić information content (AvgIpc) is 2.54. The van der Waals surface area contributed by atoms with E-state index in [1.54, 1.807) is 0 Å². The Hall–Kier alpha value is -1.02. The Kier molecular flexibility index (Phi) is 2.17. The lowest BCUT2D eigenvalue weighted by Gasteiger charge is -2.30. The number of benzene rings is 1. The Bertz CT molecular complexity index is 369. The van der Waals surface area contributed by atoms with Crippen LogP contribution in [0.1, 0.15) is 42.9 Å². The van der Waals surface area contributed by atoms with Crippen LogP contribution in [0.25, 0.3) is 0 Å². The summed E-state index contributed by atoms with van der Waals surface area (Å²) in [5.41, 5.74) is 9.63. The van der Waals surface area contributed by atoms with Gasteiger partial charge in [-0.15, -0.1) is 0 Å². The maximum Gasteiger partial charge on any atom is 0.0328 e. The Morgan fingerprint density at radius 2 is 2.07 bits per heavy atom. The number of anilines is 1. The molecule has 0 heterocycles. The molecule has 0 saturated heterocycles. The smallest absolute Gasteiger partial charge is 0.0328 e. The first-order valence-corrected chi connectivity index (χ1v) is 5.97. The minimum Gasteiger partial charge on any atom is -0.399 e. The molecule has 1 aromatic carbocycles. The van der Waals surface area contributed by atoms with Crippen LogP contribution in [0, 0.1) is 0 Å². The molecule has 1 fully saturated rings. The van der Waals surface area contributed by atoms with Crippen molar-refractivity contribution in [1.29, 1.82) is 0 Å². The van der Waals surface area contributed by atoms with Gasteiger partial charge in [-0.1, -0.05) is 12.5 Å². The number of nitrogens with two attached hydrogens (primary N) is 1. The molecular weight excluding hydrogens is 184 g/mol. The molecule has 0 aromatic heterocycles. The molecule has 0 bridgehead atoms. The molecule has 0 aliphatic heterocycles. The van der Waals surface area contributed by atoms with Gasteiger partial charge in [-0.25, -0.2) is 0 Å². The second-order valence-electron chi connectivity index (χ2n) is 4.84. The molecule has 0 spiro atoms. The van der Waals surface area contributed by atoms with Gasteiger partial charge in [0.1, 0.15) is 0 Å². The standard InChI is InChI=1S/C13H18N2/c14-10-5-6-12-9(8-10)4-7-13(12)15-11-2-1-3-11/h5-6,8,11,13,15H,1-4,7,14H2. The van der Waals surface area contributed by atoms with Gasteiger partial charge in [0.05, 0.1) is 0 Å². The highest BCUT2D eigenvalue weighted by molar-refractivity contribution is 5.47. The Balaban J connectivity index is 1.78. The lowest BCUT2D eigenvalue weighted by atomic mass is 9.92. The quantitative estimate of drug-likeness (QED) is 0.723.